The number of carbonyl (C=O) groups excluding carboxylic acids is 1. The second-order valence-corrected chi connectivity index (χ2v) is 4.68. The zero-order chi connectivity index (χ0) is 15.1. The third-order valence-electron chi connectivity index (χ3n) is 3.23. The largest absolute Gasteiger partial charge is 0.492 e. The van der Waals surface area contributed by atoms with Gasteiger partial charge in [0.2, 0.25) is 5.91 Å². The van der Waals surface area contributed by atoms with Crippen LogP contribution in [0.15, 0.2) is 29.8 Å². The van der Waals surface area contributed by atoms with Gasteiger partial charge >= 0.3 is 0 Å². The normalized spacial score (nSPS) is 13.4. The van der Waals surface area contributed by atoms with Crippen LogP contribution in [0.2, 0.25) is 0 Å². The summed E-state index contributed by atoms with van der Waals surface area (Å²) < 4.78 is 5.58. The Kier molecular flexibility index (Phi) is 4.95. The molecule has 1 heterocycles. The van der Waals surface area contributed by atoms with Gasteiger partial charge in [-0.05, 0) is 30.2 Å². The molecule has 1 aliphatic rings. The van der Waals surface area contributed by atoms with Crippen molar-refractivity contribution in [2.45, 2.75) is 12.8 Å². The summed E-state index contributed by atoms with van der Waals surface area (Å²) in [5.41, 5.74) is 0.839. The van der Waals surface area contributed by atoms with E-state index in [1.165, 1.54) is 6.08 Å². The lowest BCUT2D eigenvalue weighted by Crippen LogP contribution is -2.29. The number of hydrogen-bond donors (Lipinski definition) is 0. The highest BCUT2D eigenvalue weighted by molar-refractivity contribution is 5.78. The van der Waals surface area contributed by atoms with Gasteiger partial charge in [-0.3, -0.25) is 4.79 Å². The molecule has 106 valence electrons. The number of carbonyl (C=O) groups is 1. The average Bonchev–Trinajstić information content (AvgIpc) is 2.92. The minimum absolute atomic E-state index is 0.0659. The van der Waals surface area contributed by atoms with Crippen molar-refractivity contribution < 1.29 is 9.53 Å². The van der Waals surface area contributed by atoms with Gasteiger partial charge in [0, 0.05) is 13.0 Å². The van der Waals surface area contributed by atoms with Gasteiger partial charge in [0.1, 0.15) is 30.1 Å². The van der Waals surface area contributed by atoms with Gasteiger partial charge in [-0.25, -0.2) is 0 Å². The average molecular weight is 281 g/mol. The molecule has 0 aliphatic carbocycles. The minimum Gasteiger partial charge on any atom is -0.492 e. The van der Waals surface area contributed by atoms with E-state index in [-0.39, 0.29) is 11.5 Å². The minimum atomic E-state index is 0.0659. The van der Waals surface area contributed by atoms with Crippen LogP contribution in [0.25, 0.3) is 6.08 Å². The molecule has 0 unspecified atom stereocenters. The fourth-order valence-electron chi connectivity index (χ4n) is 2.13. The van der Waals surface area contributed by atoms with Gasteiger partial charge in [-0.2, -0.15) is 10.5 Å². The van der Waals surface area contributed by atoms with E-state index in [0.29, 0.717) is 25.3 Å². The molecule has 0 radical (unpaired) electrons. The Morgan fingerprint density at radius 1 is 1.29 bits per heavy atom. The molecule has 0 atom stereocenters. The second kappa shape index (κ2) is 7.12. The van der Waals surface area contributed by atoms with Crippen LogP contribution >= 0.6 is 0 Å². The third kappa shape index (κ3) is 4.09. The lowest BCUT2D eigenvalue weighted by molar-refractivity contribution is -0.128. The fraction of sp³-hybridized carbons (Fsp3) is 0.312. The van der Waals surface area contributed by atoms with Crippen molar-refractivity contribution in [3.05, 3.63) is 35.4 Å². The standard InChI is InChI=1S/C16H15N3O2/c17-11-14(12-18)10-13-3-5-15(6-4-13)21-9-8-19-7-1-2-16(19)20/h3-6,10H,1-2,7-9H2. The monoisotopic (exact) mass is 281 g/mol. The number of amides is 1. The number of benzene rings is 1. The lowest BCUT2D eigenvalue weighted by Gasteiger charge is -2.15. The molecule has 1 fully saturated rings. The van der Waals surface area contributed by atoms with Crippen molar-refractivity contribution in [3.63, 3.8) is 0 Å². The summed E-state index contributed by atoms with van der Waals surface area (Å²) in [4.78, 5) is 13.2. The highest BCUT2D eigenvalue weighted by Gasteiger charge is 2.19. The number of ether oxygens (including phenoxy) is 1. The highest BCUT2D eigenvalue weighted by Crippen LogP contribution is 2.15. The first kappa shape index (κ1) is 14.6. The SMILES string of the molecule is N#CC(C#N)=Cc1ccc(OCCN2CCCC2=O)cc1. The van der Waals surface area contributed by atoms with E-state index in [0.717, 1.165) is 18.5 Å². The number of nitrogens with zero attached hydrogens (tertiary/aromatic N) is 3. The van der Waals surface area contributed by atoms with Crippen LogP contribution in [0.3, 0.4) is 0 Å². The molecule has 1 saturated heterocycles. The summed E-state index contributed by atoms with van der Waals surface area (Å²) in [6, 6.07) is 10.8. The van der Waals surface area contributed by atoms with Gasteiger partial charge < -0.3 is 9.64 Å². The van der Waals surface area contributed by atoms with Gasteiger partial charge in [0.05, 0.1) is 6.54 Å². The lowest BCUT2D eigenvalue weighted by atomic mass is 10.1. The summed E-state index contributed by atoms with van der Waals surface area (Å²) in [5, 5.41) is 17.4. The molecule has 0 aromatic heterocycles. The predicted molar refractivity (Wildman–Crippen MR) is 77.0 cm³/mol. The van der Waals surface area contributed by atoms with E-state index < -0.39 is 0 Å². The number of nitriles is 2. The first-order chi connectivity index (χ1) is 10.2. The van der Waals surface area contributed by atoms with E-state index in [9.17, 15) is 4.79 Å². The summed E-state index contributed by atoms with van der Waals surface area (Å²) >= 11 is 0. The summed E-state index contributed by atoms with van der Waals surface area (Å²) in [5.74, 6) is 0.897. The molecule has 0 saturated carbocycles. The maximum Gasteiger partial charge on any atom is 0.222 e. The molecule has 1 aliphatic heterocycles. The summed E-state index contributed by atoms with van der Waals surface area (Å²) in [7, 11) is 0. The Balaban J connectivity index is 1.85. The van der Waals surface area contributed by atoms with Crippen molar-refractivity contribution in [2.24, 2.45) is 0 Å². The predicted octanol–water partition coefficient (Wildman–Crippen LogP) is 2.12. The Labute approximate surface area is 123 Å². The van der Waals surface area contributed by atoms with Crippen LogP contribution < -0.4 is 4.74 Å². The van der Waals surface area contributed by atoms with Crippen LogP contribution in [0.5, 0.6) is 5.75 Å². The molecule has 0 spiro atoms. The Morgan fingerprint density at radius 3 is 2.57 bits per heavy atom. The summed E-state index contributed by atoms with van der Waals surface area (Å²) in [6.07, 6.45) is 3.09. The first-order valence-electron chi connectivity index (χ1n) is 6.75. The maximum absolute atomic E-state index is 11.4. The van der Waals surface area contributed by atoms with Crippen molar-refractivity contribution in [1.82, 2.24) is 4.90 Å². The molecular weight excluding hydrogens is 266 g/mol. The van der Waals surface area contributed by atoms with E-state index >= 15 is 0 Å². The van der Waals surface area contributed by atoms with Gasteiger partial charge in [-0.1, -0.05) is 12.1 Å². The molecule has 5 nitrogen and oxygen atoms in total. The fourth-order valence-corrected chi connectivity index (χ4v) is 2.13. The van der Waals surface area contributed by atoms with E-state index in [1.54, 1.807) is 24.3 Å². The van der Waals surface area contributed by atoms with E-state index in [4.69, 9.17) is 15.3 Å². The van der Waals surface area contributed by atoms with Gasteiger partial charge in [-0.15, -0.1) is 0 Å². The van der Waals surface area contributed by atoms with Crippen LogP contribution in [0, 0.1) is 22.7 Å². The van der Waals surface area contributed by atoms with Gasteiger partial charge in [0.25, 0.3) is 0 Å². The van der Waals surface area contributed by atoms with Crippen LogP contribution in [0.1, 0.15) is 18.4 Å². The quantitative estimate of drug-likeness (QED) is 0.774. The highest BCUT2D eigenvalue weighted by atomic mass is 16.5. The topological polar surface area (TPSA) is 77.1 Å². The molecule has 1 aromatic rings. The second-order valence-electron chi connectivity index (χ2n) is 4.68. The van der Waals surface area contributed by atoms with Crippen molar-refractivity contribution >= 4 is 12.0 Å². The van der Waals surface area contributed by atoms with Crippen molar-refractivity contribution in [1.29, 1.82) is 10.5 Å². The van der Waals surface area contributed by atoms with Crippen molar-refractivity contribution in [2.75, 3.05) is 19.7 Å². The number of rotatable bonds is 5. The zero-order valence-electron chi connectivity index (χ0n) is 11.6. The molecule has 5 heteroatoms. The van der Waals surface area contributed by atoms with Crippen LogP contribution in [-0.4, -0.2) is 30.5 Å². The smallest absolute Gasteiger partial charge is 0.222 e. The van der Waals surface area contributed by atoms with Crippen molar-refractivity contribution in [3.8, 4) is 17.9 Å². The van der Waals surface area contributed by atoms with E-state index in [2.05, 4.69) is 0 Å². The molecule has 0 bridgehead atoms. The number of hydrogen-bond acceptors (Lipinski definition) is 4. The summed E-state index contributed by atoms with van der Waals surface area (Å²) in [6.45, 7) is 1.88. The Hall–Kier alpha value is -2.79. The first-order valence-corrected chi connectivity index (χ1v) is 6.75. The molecular formula is C16H15N3O2. The Bertz CT molecular complexity index is 604. The number of allylic oxidation sites excluding steroid dienone is 1. The molecule has 0 N–H and O–H groups in total. The van der Waals surface area contributed by atoms with E-state index in [1.807, 2.05) is 17.0 Å². The van der Waals surface area contributed by atoms with Gasteiger partial charge in [0.15, 0.2) is 0 Å². The Morgan fingerprint density at radius 2 is 2.00 bits per heavy atom. The third-order valence-corrected chi connectivity index (χ3v) is 3.23. The molecule has 21 heavy (non-hydrogen) atoms. The molecule has 1 aromatic carbocycles. The van der Waals surface area contributed by atoms with Crippen LogP contribution in [0.4, 0.5) is 0 Å². The number of likely N-dealkylation sites (tertiary alicyclic amines) is 1. The molecule has 1 amide bonds. The zero-order valence-corrected chi connectivity index (χ0v) is 11.6. The molecule has 2 rings (SSSR count). The maximum atomic E-state index is 11.4. The van der Waals surface area contributed by atoms with Crippen LogP contribution in [-0.2, 0) is 4.79 Å².